The average molecular weight is 360 g/mol. The van der Waals surface area contributed by atoms with Crippen molar-refractivity contribution in [2.75, 3.05) is 13.7 Å². The Labute approximate surface area is 152 Å². The van der Waals surface area contributed by atoms with Crippen LogP contribution in [-0.4, -0.2) is 41.3 Å². The van der Waals surface area contributed by atoms with Crippen molar-refractivity contribution in [3.8, 4) is 0 Å². The number of aromatic nitrogens is 1. The molecular weight excluding hydrogens is 336 g/mol. The van der Waals surface area contributed by atoms with Crippen LogP contribution in [0, 0.1) is 13.8 Å². The number of thiophene rings is 1. The van der Waals surface area contributed by atoms with Crippen LogP contribution in [0.5, 0.6) is 0 Å². The van der Waals surface area contributed by atoms with Gasteiger partial charge in [0.1, 0.15) is 0 Å². The number of nitrogens with zero attached hydrogens (tertiary/aromatic N) is 1. The second-order valence-corrected chi connectivity index (χ2v) is 7.39. The third-order valence-corrected chi connectivity index (χ3v) is 5.87. The number of rotatable bonds is 5. The van der Waals surface area contributed by atoms with Crippen LogP contribution in [0.4, 0.5) is 0 Å². The Morgan fingerprint density at radius 1 is 1.40 bits per heavy atom. The van der Waals surface area contributed by atoms with Crippen LogP contribution < -0.4 is 0 Å². The van der Waals surface area contributed by atoms with E-state index in [9.17, 15) is 9.59 Å². The lowest BCUT2D eigenvalue weighted by Crippen LogP contribution is -2.38. The molecule has 0 amide bonds. The largest absolute Gasteiger partial charge is 0.465 e. The molecular formula is C19H24N2O3S. The van der Waals surface area contributed by atoms with E-state index in [4.69, 9.17) is 4.74 Å². The van der Waals surface area contributed by atoms with Gasteiger partial charge in [-0.1, -0.05) is 0 Å². The maximum atomic E-state index is 13.1. The van der Waals surface area contributed by atoms with E-state index in [-0.39, 0.29) is 11.8 Å². The Balaban J connectivity index is 1.87. The summed E-state index contributed by atoms with van der Waals surface area (Å²) < 4.78 is 4.84. The zero-order chi connectivity index (χ0) is 18.1. The van der Waals surface area contributed by atoms with Crippen LogP contribution >= 0.6 is 11.3 Å². The van der Waals surface area contributed by atoms with E-state index in [1.807, 2.05) is 6.92 Å². The van der Waals surface area contributed by atoms with Gasteiger partial charge in [0.15, 0.2) is 5.78 Å². The highest BCUT2D eigenvalue weighted by molar-refractivity contribution is 7.07. The predicted octanol–water partition coefficient (Wildman–Crippen LogP) is 3.89. The van der Waals surface area contributed by atoms with Gasteiger partial charge in [-0.3, -0.25) is 9.69 Å². The van der Waals surface area contributed by atoms with Crippen LogP contribution in [0.3, 0.4) is 0 Å². The third-order valence-electron chi connectivity index (χ3n) is 5.17. The van der Waals surface area contributed by atoms with Gasteiger partial charge in [0, 0.05) is 11.7 Å². The summed E-state index contributed by atoms with van der Waals surface area (Å²) in [7, 11) is 1.36. The number of aromatic amines is 1. The van der Waals surface area contributed by atoms with E-state index in [2.05, 4.69) is 26.7 Å². The molecule has 6 heteroatoms. The molecule has 0 unspecified atom stereocenters. The van der Waals surface area contributed by atoms with E-state index in [1.165, 1.54) is 12.7 Å². The van der Waals surface area contributed by atoms with Gasteiger partial charge < -0.3 is 9.72 Å². The van der Waals surface area contributed by atoms with Gasteiger partial charge in [-0.05, 0) is 68.1 Å². The fourth-order valence-corrected chi connectivity index (χ4v) is 4.55. The molecule has 1 N–H and O–H groups in total. The Hall–Kier alpha value is -1.92. The average Bonchev–Trinajstić information content (AvgIpc) is 3.32. The van der Waals surface area contributed by atoms with E-state index < -0.39 is 5.97 Å². The van der Waals surface area contributed by atoms with E-state index in [0.717, 1.165) is 19.4 Å². The molecule has 0 aliphatic carbocycles. The monoisotopic (exact) mass is 360 g/mol. The zero-order valence-corrected chi connectivity index (χ0v) is 15.9. The molecule has 3 heterocycles. The van der Waals surface area contributed by atoms with Crippen molar-refractivity contribution in [2.45, 2.75) is 45.7 Å². The Bertz CT molecular complexity index is 779. The number of nitrogens with one attached hydrogen (secondary N) is 1. The Morgan fingerprint density at radius 2 is 2.16 bits per heavy atom. The maximum absolute atomic E-state index is 13.1. The molecule has 1 fully saturated rings. The molecule has 134 valence electrons. The SMILES string of the molecule is COC(=O)c1c(C)[nH]c(C(=O)[C@@H](C)N2CCC[C@H]2c2ccsc2)c1C. The van der Waals surface area contributed by atoms with Gasteiger partial charge in [0.2, 0.25) is 0 Å². The normalized spacial score (nSPS) is 19.1. The van der Waals surface area contributed by atoms with Crippen LogP contribution in [0.2, 0.25) is 0 Å². The number of esters is 1. The molecule has 2 aromatic heterocycles. The van der Waals surface area contributed by atoms with E-state index in [0.29, 0.717) is 28.6 Å². The summed E-state index contributed by atoms with van der Waals surface area (Å²) in [6, 6.07) is 2.20. The summed E-state index contributed by atoms with van der Waals surface area (Å²) >= 11 is 1.69. The van der Waals surface area contributed by atoms with Crippen molar-refractivity contribution in [3.05, 3.63) is 44.9 Å². The lowest BCUT2D eigenvalue weighted by atomic mass is 10.0. The quantitative estimate of drug-likeness (QED) is 0.649. The van der Waals surface area contributed by atoms with Gasteiger partial charge in [0.05, 0.1) is 24.4 Å². The topological polar surface area (TPSA) is 62.4 Å². The number of ketones is 1. The lowest BCUT2D eigenvalue weighted by Gasteiger charge is -2.29. The molecule has 2 aromatic rings. The molecule has 3 rings (SSSR count). The second kappa shape index (κ2) is 7.14. The number of hydrogen-bond acceptors (Lipinski definition) is 5. The van der Waals surface area contributed by atoms with Crippen LogP contribution in [0.25, 0.3) is 0 Å². The highest BCUT2D eigenvalue weighted by Crippen LogP contribution is 2.35. The number of carbonyl (C=O) groups excluding carboxylic acids is 2. The number of aryl methyl sites for hydroxylation is 1. The molecule has 0 saturated carbocycles. The van der Waals surface area contributed by atoms with Gasteiger partial charge in [-0.15, -0.1) is 0 Å². The summed E-state index contributed by atoms with van der Waals surface area (Å²) in [5, 5.41) is 4.25. The minimum atomic E-state index is -0.407. The first-order valence-electron chi connectivity index (χ1n) is 8.55. The van der Waals surface area contributed by atoms with E-state index >= 15 is 0 Å². The zero-order valence-electron chi connectivity index (χ0n) is 15.1. The summed E-state index contributed by atoms with van der Waals surface area (Å²) in [6.07, 6.45) is 2.17. The number of ether oxygens (including phenoxy) is 1. The first-order valence-corrected chi connectivity index (χ1v) is 9.49. The van der Waals surface area contributed by atoms with Crippen LogP contribution in [0.15, 0.2) is 16.8 Å². The molecule has 2 atom stereocenters. The van der Waals surface area contributed by atoms with Gasteiger partial charge in [0.25, 0.3) is 0 Å². The molecule has 25 heavy (non-hydrogen) atoms. The molecule has 0 bridgehead atoms. The molecule has 1 aliphatic rings. The first-order chi connectivity index (χ1) is 12.0. The van der Waals surface area contributed by atoms with Crippen LogP contribution in [-0.2, 0) is 4.74 Å². The number of hydrogen-bond donors (Lipinski definition) is 1. The van der Waals surface area contributed by atoms with Gasteiger partial charge in [-0.25, -0.2) is 4.79 Å². The highest BCUT2D eigenvalue weighted by Gasteiger charge is 2.35. The van der Waals surface area contributed by atoms with Gasteiger partial charge >= 0.3 is 5.97 Å². The van der Waals surface area contributed by atoms with Crippen LogP contribution in [0.1, 0.15) is 63.5 Å². The van der Waals surface area contributed by atoms with Crippen molar-refractivity contribution in [1.29, 1.82) is 0 Å². The fourth-order valence-electron chi connectivity index (χ4n) is 3.84. The highest BCUT2D eigenvalue weighted by atomic mass is 32.1. The number of likely N-dealkylation sites (tertiary alicyclic amines) is 1. The van der Waals surface area contributed by atoms with Gasteiger partial charge in [-0.2, -0.15) is 11.3 Å². The molecule has 1 saturated heterocycles. The fraction of sp³-hybridized carbons (Fsp3) is 0.474. The molecule has 0 radical (unpaired) electrons. The molecule has 0 spiro atoms. The number of carbonyl (C=O) groups is 2. The summed E-state index contributed by atoms with van der Waals surface area (Å²) in [4.78, 5) is 30.5. The maximum Gasteiger partial charge on any atom is 0.339 e. The number of H-pyrrole nitrogens is 1. The smallest absolute Gasteiger partial charge is 0.339 e. The summed E-state index contributed by atoms with van der Waals surface area (Å²) in [5.74, 6) is -0.381. The molecule has 0 aromatic carbocycles. The number of Topliss-reactive ketones (excluding diaryl/α,β-unsaturated/α-hetero) is 1. The molecule has 5 nitrogen and oxygen atoms in total. The minimum absolute atomic E-state index is 0.0258. The predicted molar refractivity (Wildman–Crippen MR) is 98.4 cm³/mol. The molecule has 1 aliphatic heterocycles. The van der Waals surface area contributed by atoms with Crippen molar-refractivity contribution >= 4 is 23.1 Å². The first kappa shape index (κ1) is 17.9. The Morgan fingerprint density at radius 3 is 2.80 bits per heavy atom. The van der Waals surface area contributed by atoms with Crippen molar-refractivity contribution in [2.24, 2.45) is 0 Å². The Kier molecular flexibility index (Phi) is 5.11. The lowest BCUT2D eigenvalue weighted by molar-refractivity contribution is 0.0599. The summed E-state index contributed by atoms with van der Waals surface area (Å²) in [6.45, 7) is 6.47. The summed E-state index contributed by atoms with van der Waals surface area (Å²) in [5.41, 5.74) is 3.62. The van der Waals surface area contributed by atoms with Crippen molar-refractivity contribution in [3.63, 3.8) is 0 Å². The second-order valence-electron chi connectivity index (χ2n) is 6.61. The third kappa shape index (κ3) is 3.16. The number of methoxy groups -OCH3 is 1. The van der Waals surface area contributed by atoms with Crippen molar-refractivity contribution in [1.82, 2.24) is 9.88 Å². The standard InChI is InChI=1S/C19H24N2O3S/c1-11-16(19(23)24-4)12(2)20-17(11)18(22)13(3)21-8-5-6-15(21)14-7-9-25-10-14/h7,9-10,13,15,20H,5-6,8H2,1-4H3/t13-,15+/m1/s1. The van der Waals surface area contributed by atoms with Crippen molar-refractivity contribution < 1.29 is 14.3 Å². The van der Waals surface area contributed by atoms with E-state index in [1.54, 1.807) is 25.2 Å². The minimum Gasteiger partial charge on any atom is -0.465 e.